The van der Waals surface area contributed by atoms with E-state index in [1.54, 1.807) is 25.1 Å². The highest BCUT2D eigenvalue weighted by Gasteiger charge is 2.08. The zero-order valence-corrected chi connectivity index (χ0v) is 8.38. The SMILES string of the molecule is COc1c(/C=C/CN)ccc(C)c1F. The predicted octanol–water partition coefficient (Wildman–Crippen LogP) is 2.11. The molecule has 0 fully saturated rings. The summed E-state index contributed by atoms with van der Waals surface area (Å²) in [6.07, 6.45) is 3.51. The Kier molecular flexibility index (Phi) is 3.65. The van der Waals surface area contributed by atoms with E-state index in [1.165, 1.54) is 7.11 Å². The first kappa shape index (κ1) is 10.7. The Hall–Kier alpha value is -1.35. The number of aryl methyl sites for hydroxylation is 1. The van der Waals surface area contributed by atoms with Crippen molar-refractivity contribution in [3.8, 4) is 5.75 Å². The number of rotatable bonds is 3. The van der Waals surface area contributed by atoms with Crippen LogP contribution in [0.4, 0.5) is 4.39 Å². The number of halogens is 1. The number of methoxy groups -OCH3 is 1. The highest BCUT2D eigenvalue weighted by Crippen LogP contribution is 2.26. The lowest BCUT2D eigenvalue weighted by Gasteiger charge is -2.07. The third kappa shape index (κ3) is 2.12. The van der Waals surface area contributed by atoms with Crippen molar-refractivity contribution in [3.05, 3.63) is 35.2 Å². The first-order valence-corrected chi connectivity index (χ1v) is 4.40. The number of nitrogens with two attached hydrogens (primary N) is 1. The molecular weight excluding hydrogens is 181 g/mol. The highest BCUT2D eigenvalue weighted by molar-refractivity contribution is 5.58. The number of hydrogen-bond donors (Lipinski definition) is 1. The fourth-order valence-corrected chi connectivity index (χ4v) is 1.20. The highest BCUT2D eigenvalue weighted by atomic mass is 19.1. The van der Waals surface area contributed by atoms with Gasteiger partial charge in [0.1, 0.15) is 0 Å². The quantitative estimate of drug-likeness (QED) is 0.801. The lowest BCUT2D eigenvalue weighted by Crippen LogP contribution is -1.96. The van der Waals surface area contributed by atoms with E-state index in [0.717, 1.165) is 0 Å². The Bertz CT molecular complexity index is 347. The van der Waals surface area contributed by atoms with Crippen molar-refractivity contribution in [2.24, 2.45) is 5.73 Å². The zero-order chi connectivity index (χ0) is 10.6. The van der Waals surface area contributed by atoms with Gasteiger partial charge in [-0.3, -0.25) is 0 Å². The molecule has 14 heavy (non-hydrogen) atoms. The molecule has 0 heterocycles. The average Bonchev–Trinajstić information content (AvgIpc) is 2.20. The summed E-state index contributed by atoms with van der Waals surface area (Å²) in [7, 11) is 1.46. The van der Waals surface area contributed by atoms with Crippen LogP contribution in [0.15, 0.2) is 18.2 Å². The molecular formula is C11H14FNO. The summed E-state index contributed by atoms with van der Waals surface area (Å²) in [6, 6.07) is 3.53. The summed E-state index contributed by atoms with van der Waals surface area (Å²) < 4.78 is 18.5. The largest absolute Gasteiger partial charge is 0.493 e. The summed E-state index contributed by atoms with van der Waals surface area (Å²) in [6.45, 7) is 2.13. The van der Waals surface area contributed by atoms with Gasteiger partial charge in [-0.05, 0) is 12.5 Å². The van der Waals surface area contributed by atoms with Crippen LogP contribution in [0.3, 0.4) is 0 Å². The maximum Gasteiger partial charge on any atom is 0.168 e. The second kappa shape index (κ2) is 4.77. The van der Waals surface area contributed by atoms with E-state index < -0.39 is 0 Å². The van der Waals surface area contributed by atoms with Gasteiger partial charge >= 0.3 is 0 Å². The Labute approximate surface area is 83.2 Å². The summed E-state index contributed by atoms with van der Waals surface area (Å²) in [5.41, 5.74) is 6.60. The summed E-state index contributed by atoms with van der Waals surface area (Å²) in [5.74, 6) is -0.0404. The molecule has 0 bridgehead atoms. The lowest BCUT2D eigenvalue weighted by molar-refractivity contribution is 0.384. The number of ether oxygens (including phenoxy) is 1. The van der Waals surface area contributed by atoms with E-state index >= 15 is 0 Å². The third-order valence-electron chi connectivity index (χ3n) is 1.96. The maximum absolute atomic E-state index is 13.5. The number of benzene rings is 1. The molecule has 0 aliphatic rings. The van der Waals surface area contributed by atoms with E-state index in [9.17, 15) is 4.39 Å². The molecule has 0 aliphatic carbocycles. The van der Waals surface area contributed by atoms with Crippen LogP contribution >= 0.6 is 0 Å². The minimum Gasteiger partial charge on any atom is -0.493 e. The van der Waals surface area contributed by atoms with Crippen LogP contribution in [0.5, 0.6) is 5.75 Å². The van der Waals surface area contributed by atoms with Gasteiger partial charge in [0, 0.05) is 12.1 Å². The van der Waals surface area contributed by atoms with Gasteiger partial charge in [0.15, 0.2) is 11.6 Å². The van der Waals surface area contributed by atoms with Crippen LogP contribution in [-0.2, 0) is 0 Å². The van der Waals surface area contributed by atoms with Gasteiger partial charge in [-0.15, -0.1) is 0 Å². The van der Waals surface area contributed by atoms with E-state index in [1.807, 2.05) is 6.07 Å². The Morgan fingerprint density at radius 1 is 1.50 bits per heavy atom. The van der Waals surface area contributed by atoms with E-state index in [4.69, 9.17) is 10.5 Å². The van der Waals surface area contributed by atoms with Gasteiger partial charge in [-0.1, -0.05) is 24.3 Å². The van der Waals surface area contributed by atoms with Gasteiger partial charge < -0.3 is 10.5 Å². The molecule has 0 aliphatic heterocycles. The third-order valence-corrected chi connectivity index (χ3v) is 1.96. The maximum atomic E-state index is 13.5. The van der Waals surface area contributed by atoms with Crippen molar-refractivity contribution in [1.82, 2.24) is 0 Å². The second-order valence-electron chi connectivity index (χ2n) is 2.96. The summed E-state index contributed by atoms with van der Waals surface area (Å²) in [4.78, 5) is 0. The van der Waals surface area contributed by atoms with Crippen molar-refractivity contribution >= 4 is 6.08 Å². The molecule has 1 rings (SSSR count). The van der Waals surface area contributed by atoms with Gasteiger partial charge in [0.2, 0.25) is 0 Å². The van der Waals surface area contributed by atoms with Crippen molar-refractivity contribution in [1.29, 1.82) is 0 Å². The monoisotopic (exact) mass is 195 g/mol. The molecule has 76 valence electrons. The molecule has 0 unspecified atom stereocenters. The fourth-order valence-electron chi connectivity index (χ4n) is 1.20. The average molecular weight is 195 g/mol. The molecule has 3 heteroatoms. The van der Waals surface area contributed by atoms with Gasteiger partial charge in [0.25, 0.3) is 0 Å². The lowest BCUT2D eigenvalue weighted by atomic mass is 10.1. The molecule has 0 atom stereocenters. The molecule has 0 aromatic heterocycles. The molecule has 0 saturated carbocycles. The molecule has 1 aromatic rings. The molecule has 0 radical (unpaired) electrons. The summed E-state index contributed by atoms with van der Waals surface area (Å²) in [5, 5.41) is 0. The Morgan fingerprint density at radius 2 is 2.21 bits per heavy atom. The minimum atomic E-state index is -0.313. The minimum absolute atomic E-state index is 0.273. The van der Waals surface area contributed by atoms with Gasteiger partial charge in [-0.2, -0.15) is 0 Å². The molecule has 2 nitrogen and oxygen atoms in total. The molecule has 2 N–H and O–H groups in total. The van der Waals surface area contributed by atoms with Crippen molar-refractivity contribution in [3.63, 3.8) is 0 Å². The first-order chi connectivity index (χ1) is 6.70. The molecule has 0 spiro atoms. The molecule has 1 aromatic carbocycles. The van der Waals surface area contributed by atoms with E-state index in [0.29, 0.717) is 17.7 Å². The van der Waals surface area contributed by atoms with E-state index in [-0.39, 0.29) is 11.6 Å². The fraction of sp³-hybridized carbons (Fsp3) is 0.273. The second-order valence-corrected chi connectivity index (χ2v) is 2.96. The number of hydrogen-bond acceptors (Lipinski definition) is 2. The van der Waals surface area contributed by atoms with Crippen LogP contribution in [-0.4, -0.2) is 13.7 Å². The first-order valence-electron chi connectivity index (χ1n) is 4.40. The van der Waals surface area contributed by atoms with Crippen molar-refractivity contribution in [2.75, 3.05) is 13.7 Å². The van der Waals surface area contributed by atoms with Crippen molar-refractivity contribution in [2.45, 2.75) is 6.92 Å². The Morgan fingerprint density at radius 3 is 2.79 bits per heavy atom. The van der Waals surface area contributed by atoms with Crippen LogP contribution in [0.25, 0.3) is 6.08 Å². The molecule has 0 saturated heterocycles. The van der Waals surface area contributed by atoms with Crippen LogP contribution in [0.1, 0.15) is 11.1 Å². The zero-order valence-electron chi connectivity index (χ0n) is 8.38. The summed E-state index contributed by atoms with van der Waals surface area (Å²) >= 11 is 0. The molecule has 0 amide bonds. The van der Waals surface area contributed by atoms with Crippen LogP contribution in [0.2, 0.25) is 0 Å². The van der Waals surface area contributed by atoms with Crippen LogP contribution < -0.4 is 10.5 Å². The van der Waals surface area contributed by atoms with Gasteiger partial charge in [-0.25, -0.2) is 4.39 Å². The Balaban J connectivity index is 3.17. The van der Waals surface area contributed by atoms with Gasteiger partial charge in [0.05, 0.1) is 7.11 Å². The predicted molar refractivity (Wildman–Crippen MR) is 55.8 cm³/mol. The standard InChI is InChI=1S/C11H14FNO/c1-8-5-6-9(4-3-7-13)11(14-2)10(8)12/h3-6H,7,13H2,1-2H3/b4-3+. The van der Waals surface area contributed by atoms with Crippen molar-refractivity contribution < 1.29 is 9.13 Å². The van der Waals surface area contributed by atoms with Crippen LogP contribution in [0, 0.1) is 12.7 Å². The smallest absolute Gasteiger partial charge is 0.168 e. The topological polar surface area (TPSA) is 35.2 Å². The normalized spacial score (nSPS) is 10.9. The van der Waals surface area contributed by atoms with E-state index in [2.05, 4.69) is 0 Å².